The number of carbonyl (C=O) groups is 2. The third-order valence-electron chi connectivity index (χ3n) is 3.25. The average Bonchev–Trinajstić information content (AvgIpc) is 2.77. The molecule has 4 N–H and O–H groups in total. The summed E-state index contributed by atoms with van der Waals surface area (Å²) in [4.78, 5) is 29.7. The van der Waals surface area contributed by atoms with Crippen LogP contribution in [0.2, 0.25) is 0 Å². The molecule has 0 atom stereocenters. The highest BCUT2D eigenvalue weighted by atomic mass is 19.1. The smallest absolute Gasteiger partial charge is 0.245 e. The Morgan fingerprint density at radius 3 is 2.57 bits per heavy atom. The highest BCUT2D eigenvalue weighted by Gasteiger charge is 2.08. The fourth-order valence-corrected chi connectivity index (χ4v) is 1.88. The van der Waals surface area contributed by atoms with Gasteiger partial charge in [0.25, 0.3) is 0 Å². The normalized spacial score (nSPS) is 9.10. The lowest BCUT2D eigenvalue weighted by Gasteiger charge is -2.09. The number of nitriles is 1. The van der Waals surface area contributed by atoms with Crippen molar-refractivity contribution in [2.24, 2.45) is 0 Å². The van der Waals surface area contributed by atoms with E-state index in [4.69, 9.17) is 10.5 Å². The largest absolute Gasteiger partial charge is 0.337 e. The number of anilines is 2. The Morgan fingerprint density at radius 2 is 2.03 bits per heavy atom. The molecule has 2 rings (SSSR count). The summed E-state index contributed by atoms with van der Waals surface area (Å²) in [5.74, 6) is -0.733. The molecule has 0 fully saturated rings. The van der Waals surface area contributed by atoms with Crippen molar-refractivity contribution in [1.82, 2.24) is 15.9 Å². The SMILES string of the molecule is CC.CNOCCC(=O)NO.Cc1ccc(Nc2nc(C#N)ccc2C=O)c(F)c1. The first-order valence-electron chi connectivity index (χ1n) is 9.06. The van der Waals surface area contributed by atoms with E-state index in [-0.39, 0.29) is 35.8 Å². The molecular formula is C20H26FN5O4. The minimum absolute atomic E-state index is 0.150. The Balaban J connectivity index is 0.000000648. The number of aromatic nitrogens is 1. The second-order valence-corrected chi connectivity index (χ2v) is 5.31. The quantitative estimate of drug-likeness (QED) is 0.233. The van der Waals surface area contributed by atoms with Gasteiger partial charge in [0.1, 0.15) is 23.4 Å². The Labute approximate surface area is 174 Å². The summed E-state index contributed by atoms with van der Waals surface area (Å²) in [6, 6.07) is 9.43. The molecule has 2 aromatic rings. The van der Waals surface area contributed by atoms with Crippen LogP contribution in [-0.2, 0) is 9.63 Å². The van der Waals surface area contributed by atoms with Gasteiger partial charge in [-0.25, -0.2) is 20.3 Å². The molecule has 0 aliphatic carbocycles. The summed E-state index contributed by atoms with van der Waals surface area (Å²) in [6.07, 6.45) is 0.750. The Kier molecular flexibility index (Phi) is 13.8. The summed E-state index contributed by atoms with van der Waals surface area (Å²) >= 11 is 0. The lowest BCUT2D eigenvalue weighted by molar-refractivity contribution is -0.130. The van der Waals surface area contributed by atoms with Crippen molar-refractivity contribution < 1.29 is 24.0 Å². The molecule has 1 amide bonds. The number of benzene rings is 1. The summed E-state index contributed by atoms with van der Waals surface area (Å²) < 4.78 is 13.7. The molecule has 0 saturated heterocycles. The maximum absolute atomic E-state index is 13.7. The zero-order chi connectivity index (χ0) is 22.9. The fraction of sp³-hybridized carbons (Fsp3) is 0.300. The second-order valence-electron chi connectivity index (χ2n) is 5.31. The van der Waals surface area contributed by atoms with E-state index >= 15 is 0 Å². The first kappa shape index (κ1) is 26.6. The average molecular weight is 419 g/mol. The summed E-state index contributed by atoms with van der Waals surface area (Å²) in [5, 5.41) is 19.5. The monoisotopic (exact) mass is 419 g/mol. The van der Waals surface area contributed by atoms with Gasteiger partial charge in [-0.05, 0) is 36.8 Å². The van der Waals surface area contributed by atoms with Crippen molar-refractivity contribution >= 4 is 23.7 Å². The lowest BCUT2D eigenvalue weighted by atomic mass is 10.2. The summed E-state index contributed by atoms with van der Waals surface area (Å²) in [6.45, 7) is 6.03. The summed E-state index contributed by atoms with van der Waals surface area (Å²) in [5.41, 5.74) is 5.27. The van der Waals surface area contributed by atoms with Crippen LogP contribution < -0.4 is 16.3 Å². The van der Waals surface area contributed by atoms with Gasteiger partial charge < -0.3 is 10.2 Å². The molecule has 0 aliphatic heterocycles. The van der Waals surface area contributed by atoms with Gasteiger partial charge in [0.15, 0.2) is 6.29 Å². The van der Waals surface area contributed by atoms with E-state index in [0.717, 1.165) is 5.56 Å². The molecule has 0 spiro atoms. The minimum atomic E-state index is -0.453. The molecule has 0 radical (unpaired) electrons. The number of hydroxylamine groups is 2. The van der Waals surface area contributed by atoms with Gasteiger partial charge in [-0.1, -0.05) is 19.9 Å². The molecule has 10 heteroatoms. The zero-order valence-electron chi connectivity index (χ0n) is 17.3. The van der Waals surface area contributed by atoms with Gasteiger partial charge in [-0.15, -0.1) is 0 Å². The van der Waals surface area contributed by atoms with Crippen LogP contribution in [0.25, 0.3) is 0 Å². The van der Waals surface area contributed by atoms with Crippen LogP contribution in [0.15, 0.2) is 30.3 Å². The molecule has 0 aliphatic rings. The molecule has 30 heavy (non-hydrogen) atoms. The van der Waals surface area contributed by atoms with E-state index in [0.29, 0.717) is 6.29 Å². The number of nitrogens with zero attached hydrogens (tertiary/aromatic N) is 2. The molecular weight excluding hydrogens is 393 g/mol. The number of halogens is 1. The number of nitrogens with one attached hydrogen (secondary N) is 3. The fourth-order valence-electron chi connectivity index (χ4n) is 1.88. The van der Waals surface area contributed by atoms with Gasteiger partial charge in [-0.3, -0.25) is 14.8 Å². The number of aryl methyl sites for hydroxylation is 1. The molecule has 9 nitrogen and oxygen atoms in total. The first-order valence-corrected chi connectivity index (χ1v) is 9.06. The van der Waals surface area contributed by atoms with E-state index in [2.05, 4.69) is 20.6 Å². The van der Waals surface area contributed by atoms with Crippen LogP contribution in [-0.4, -0.2) is 36.0 Å². The standard InChI is InChI=1S/C14H10FN3O.C4H10N2O3.C2H6/c1-9-2-5-13(12(15)6-9)18-14-10(8-19)3-4-11(7-16)17-14;1-5-9-3-2-4(7)6-8;1-2/h2-6,8H,1H3,(H,17,18);5,8H,2-3H2,1H3,(H,6,7);1-2H3. The van der Waals surface area contributed by atoms with E-state index in [1.54, 1.807) is 26.1 Å². The van der Waals surface area contributed by atoms with Gasteiger partial charge in [-0.2, -0.15) is 5.26 Å². The topological polar surface area (TPSA) is 136 Å². The Hall–Kier alpha value is -3.39. The number of hydrogen-bond donors (Lipinski definition) is 4. The van der Waals surface area contributed by atoms with Gasteiger partial charge in [0.2, 0.25) is 5.91 Å². The van der Waals surface area contributed by atoms with Gasteiger partial charge >= 0.3 is 0 Å². The number of aldehydes is 1. The number of hydrogen-bond acceptors (Lipinski definition) is 8. The predicted molar refractivity (Wildman–Crippen MR) is 110 cm³/mol. The highest BCUT2D eigenvalue weighted by molar-refractivity contribution is 5.84. The van der Waals surface area contributed by atoms with Crippen LogP contribution in [0, 0.1) is 24.1 Å². The molecule has 1 aromatic carbocycles. The van der Waals surface area contributed by atoms with Crippen LogP contribution in [0.5, 0.6) is 0 Å². The van der Waals surface area contributed by atoms with Gasteiger partial charge in [0, 0.05) is 7.05 Å². The molecule has 1 heterocycles. The van der Waals surface area contributed by atoms with Crippen LogP contribution >= 0.6 is 0 Å². The molecule has 0 bridgehead atoms. The van der Waals surface area contributed by atoms with E-state index in [1.165, 1.54) is 23.7 Å². The number of carbonyl (C=O) groups excluding carboxylic acids is 2. The molecule has 162 valence electrons. The van der Waals surface area contributed by atoms with Crippen molar-refractivity contribution in [1.29, 1.82) is 5.26 Å². The minimum Gasteiger partial charge on any atom is -0.337 e. The second kappa shape index (κ2) is 15.5. The predicted octanol–water partition coefficient (Wildman–Crippen LogP) is 3.02. The third kappa shape index (κ3) is 9.70. The van der Waals surface area contributed by atoms with Gasteiger partial charge in [0.05, 0.1) is 24.3 Å². The Bertz CT molecular complexity index is 856. The van der Waals surface area contributed by atoms with Crippen molar-refractivity contribution in [3.8, 4) is 6.07 Å². The zero-order valence-corrected chi connectivity index (χ0v) is 17.3. The van der Waals surface area contributed by atoms with E-state index < -0.39 is 11.7 Å². The first-order chi connectivity index (χ1) is 14.4. The maximum Gasteiger partial charge on any atom is 0.245 e. The number of rotatable bonds is 7. The Morgan fingerprint density at radius 1 is 1.33 bits per heavy atom. The van der Waals surface area contributed by atoms with Crippen molar-refractivity contribution in [3.05, 3.63) is 53.0 Å². The summed E-state index contributed by atoms with van der Waals surface area (Å²) in [7, 11) is 1.59. The van der Waals surface area contributed by atoms with Crippen LogP contribution in [0.3, 0.4) is 0 Å². The van der Waals surface area contributed by atoms with E-state index in [1.807, 2.05) is 19.9 Å². The lowest BCUT2D eigenvalue weighted by Crippen LogP contribution is -2.21. The van der Waals surface area contributed by atoms with Crippen LogP contribution in [0.4, 0.5) is 15.9 Å². The highest BCUT2D eigenvalue weighted by Crippen LogP contribution is 2.21. The number of pyridine rings is 1. The molecule has 1 aromatic heterocycles. The maximum atomic E-state index is 13.7. The van der Waals surface area contributed by atoms with Crippen molar-refractivity contribution in [3.63, 3.8) is 0 Å². The molecule has 0 unspecified atom stereocenters. The molecule has 0 saturated carbocycles. The van der Waals surface area contributed by atoms with Crippen molar-refractivity contribution in [2.45, 2.75) is 27.2 Å². The number of amides is 1. The van der Waals surface area contributed by atoms with E-state index in [9.17, 15) is 14.0 Å². The third-order valence-corrected chi connectivity index (χ3v) is 3.25. The van der Waals surface area contributed by atoms with Crippen molar-refractivity contribution in [2.75, 3.05) is 19.0 Å². The van der Waals surface area contributed by atoms with Crippen LogP contribution in [0.1, 0.15) is 41.9 Å².